The van der Waals surface area contributed by atoms with Crippen molar-refractivity contribution in [2.75, 3.05) is 13.2 Å². The van der Waals surface area contributed by atoms with Crippen LogP contribution in [0.3, 0.4) is 0 Å². The van der Waals surface area contributed by atoms with Crippen molar-refractivity contribution in [1.82, 2.24) is 0 Å². The van der Waals surface area contributed by atoms with E-state index in [-0.39, 0.29) is 12.1 Å². The molecular weight excluding hydrogens is 248 g/mol. The molecule has 0 radical (unpaired) electrons. The first-order chi connectivity index (χ1) is 8.67. The van der Waals surface area contributed by atoms with E-state index in [0.717, 1.165) is 19.3 Å². The van der Waals surface area contributed by atoms with Crippen LogP contribution in [0.25, 0.3) is 0 Å². The van der Waals surface area contributed by atoms with Crippen LogP contribution in [0.15, 0.2) is 12.7 Å². The zero-order chi connectivity index (χ0) is 13.8. The summed E-state index contributed by atoms with van der Waals surface area (Å²) in [5.41, 5.74) is 0. The molecule has 0 aromatic heterocycles. The van der Waals surface area contributed by atoms with E-state index >= 15 is 0 Å². The van der Waals surface area contributed by atoms with Crippen molar-refractivity contribution in [2.45, 2.75) is 52.2 Å². The Hall–Kier alpha value is -0.653. The number of hydrogen-bond donors (Lipinski definition) is 0. The Bertz CT molecular complexity index is 225. The van der Waals surface area contributed by atoms with Gasteiger partial charge in [-0.25, -0.2) is 4.79 Å². The van der Waals surface area contributed by atoms with Crippen molar-refractivity contribution in [3.63, 3.8) is 0 Å². The first kappa shape index (κ1) is 17.3. The maximum atomic E-state index is 11.2. The third-order valence-corrected chi connectivity index (χ3v) is 4.50. The second-order valence-electron chi connectivity index (χ2n) is 4.08. The lowest BCUT2D eigenvalue weighted by atomic mass is 10.3. The summed E-state index contributed by atoms with van der Waals surface area (Å²) in [6, 6.07) is 0.704. The van der Waals surface area contributed by atoms with Gasteiger partial charge < -0.3 is 13.6 Å². The first-order valence-electron chi connectivity index (χ1n) is 6.74. The molecule has 0 aliphatic carbocycles. The Balaban J connectivity index is 4.21. The van der Waals surface area contributed by atoms with E-state index < -0.39 is 9.28 Å². The molecular formula is C13H26O4Si. The van der Waals surface area contributed by atoms with Gasteiger partial charge in [0.15, 0.2) is 0 Å². The van der Waals surface area contributed by atoms with Gasteiger partial charge in [-0.15, -0.1) is 0 Å². The minimum Gasteiger partial charge on any atom is -0.459 e. The van der Waals surface area contributed by atoms with Gasteiger partial charge in [0.2, 0.25) is 0 Å². The van der Waals surface area contributed by atoms with Gasteiger partial charge in [-0.2, -0.15) is 0 Å². The van der Waals surface area contributed by atoms with Crippen molar-refractivity contribution in [1.29, 1.82) is 0 Å². The molecule has 0 rings (SSSR count). The molecule has 18 heavy (non-hydrogen) atoms. The third kappa shape index (κ3) is 8.44. The predicted molar refractivity (Wildman–Crippen MR) is 74.8 cm³/mol. The van der Waals surface area contributed by atoms with Gasteiger partial charge in [0.1, 0.15) is 6.10 Å². The molecule has 106 valence electrons. The van der Waals surface area contributed by atoms with Gasteiger partial charge in [-0.3, -0.25) is 0 Å². The molecule has 1 unspecified atom stereocenters. The SMILES string of the molecule is C=CC(=O)OC(CC)C[SiH](OCCC)OCCC. The summed E-state index contributed by atoms with van der Waals surface area (Å²) in [6.07, 6.45) is 3.79. The van der Waals surface area contributed by atoms with Crippen LogP contribution < -0.4 is 0 Å². The Morgan fingerprint density at radius 2 is 1.78 bits per heavy atom. The molecule has 0 saturated heterocycles. The van der Waals surface area contributed by atoms with Gasteiger partial charge in [-0.1, -0.05) is 27.4 Å². The largest absolute Gasteiger partial charge is 0.459 e. The summed E-state index contributed by atoms with van der Waals surface area (Å²) in [4.78, 5) is 11.2. The lowest BCUT2D eigenvalue weighted by molar-refractivity contribution is -0.142. The van der Waals surface area contributed by atoms with Crippen LogP contribution >= 0.6 is 0 Å². The molecule has 0 N–H and O–H groups in total. The molecule has 0 amide bonds. The lowest BCUT2D eigenvalue weighted by Gasteiger charge is -2.21. The van der Waals surface area contributed by atoms with Crippen LogP contribution in [0.2, 0.25) is 6.04 Å². The lowest BCUT2D eigenvalue weighted by Crippen LogP contribution is -2.30. The van der Waals surface area contributed by atoms with Crippen molar-refractivity contribution in [3.8, 4) is 0 Å². The zero-order valence-corrected chi connectivity index (χ0v) is 13.0. The second kappa shape index (κ2) is 11.4. The molecule has 0 aromatic carbocycles. The van der Waals surface area contributed by atoms with Crippen molar-refractivity contribution < 1.29 is 18.4 Å². The summed E-state index contributed by atoms with van der Waals surface area (Å²) >= 11 is 0. The first-order valence-corrected chi connectivity index (χ1v) is 8.49. The fraction of sp³-hybridized carbons (Fsp3) is 0.769. The second-order valence-corrected chi connectivity index (χ2v) is 6.08. The Morgan fingerprint density at radius 1 is 1.22 bits per heavy atom. The minimum absolute atomic E-state index is 0.124. The quantitative estimate of drug-likeness (QED) is 0.330. The summed E-state index contributed by atoms with van der Waals surface area (Å²) in [6.45, 7) is 11.0. The average molecular weight is 274 g/mol. The van der Waals surface area contributed by atoms with Gasteiger partial charge in [0.25, 0.3) is 0 Å². The maximum absolute atomic E-state index is 11.2. The number of esters is 1. The summed E-state index contributed by atoms with van der Waals surface area (Å²) in [5.74, 6) is -0.374. The van der Waals surface area contributed by atoms with Crippen LogP contribution in [-0.4, -0.2) is 34.6 Å². The highest BCUT2D eigenvalue weighted by atomic mass is 28.3. The fourth-order valence-corrected chi connectivity index (χ4v) is 3.63. The molecule has 1 atom stereocenters. The maximum Gasteiger partial charge on any atom is 0.330 e. The normalized spacial score (nSPS) is 12.4. The molecule has 0 heterocycles. The topological polar surface area (TPSA) is 44.8 Å². The van der Waals surface area contributed by atoms with E-state index in [0.29, 0.717) is 19.3 Å². The van der Waals surface area contributed by atoms with Gasteiger partial charge in [-0.05, 0) is 19.3 Å². The highest BCUT2D eigenvalue weighted by molar-refractivity contribution is 6.44. The highest BCUT2D eigenvalue weighted by Crippen LogP contribution is 2.11. The molecule has 0 saturated carbocycles. The van der Waals surface area contributed by atoms with Gasteiger partial charge >= 0.3 is 15.3 Å². The van der Waals surface area contributed by atoms with E-state index in [1.165, 1.54) is 6.08 Å². The summed E-state index contributed by atoms with van der Waals surface area (Å²) in [5, 5.41) is 0. The van der Waals surface area contributed by atoms with E-state index in [9.17, 15) is 4.79 Å². The van der Waals surface area contributed by atoms with E-state index in [2.05, 4.69) is 20.4 Å². The van der Waals surface area contributed by atoms with E-state index in [1.54, 1.807) is 0 Å². The third-order valence-electron chi connectivity index (χ3n) is 2.38. The molecule has 0 spiro atoms. The van der Waals surface area contributed by atoms with Crippen molar-refractivity contribution in [3.05, 3.63) is 12.7 Å². The standard InChI is InChI=1S/C13H26O4Si/c1-5-9-15-18(16-10-6-2)11-12(7-3)17-13(14)8-4/h8,12,18H,4-7,9-11H2,1-3H3. The summed E-state index contributed by atoms with van der Waals surface area (Å²) in [7, 11) is -1.73. The Labute approximate surface area is 112 Å². The smallest absolute Gasteiger partial charge is 0.330 e. The Kier molecular flexibility index (Phi) is 11.0. The minimum atomic E-state index is -1.73. The molecule has 0 bridgehead atoms. The van der Waals surface area contributed by atoms with Crippen LogP contribution in [0.5, 0.6) is 0 Å². The molecule has 0 aliphatic rings. The summed E-state index contributed by atoms with van der Waals surface area (Å²) < 4.78 is 16.7. The van der Waals surface area contributed by atoms with Crippen LogP contribution in [0.4, 0.5) is 0 Å². The number of ether oxygens (including phenoxy) is 1. The van der Waals surface area contributed by atoms with Crippen LogP contribution in [-0.2, 0) is 18.4 Å². The van der Waals surface area contributed by atoms with Crippen molar-refractivity contribution in [2.24, 2.45) is 0 Å². The van der Waals surface area contributed by atoms with Crippen molar-refractivity contribution >= 4 is 15.3 Å². The number of carbonyl (C=O) groups excluding carboxylic acids is 1. The molecule has 0 aliphatic heterocycles. The number of hydrogen-bond acceptors (Lipinski definition) is 4. The molecule has 0 fully saturated rings. The van der Waals surface area contributed by atoms with Crippen LogP contribution in [0, 0.1) is 0 Å². The monoisotopic (exact) mass is 274 g/mol. The molecule has 0 aromatic rings. The van der Waals surface area contributed by atoms with E-state index in [1.807, 2.05) is 6.92 Å². The molecule has 5 heteroatoms. The molecule has 4 nitrogen and oxygen atoms in total. The average Bonchev–Trinajstić information content (AvgIpc) is 2.40. The van der Waals surface area contributed by atoms with Gasteiger partial charge in [0.05, 0.1) is 0 Å². The Morgan fingerprint density at radius 3 is 2.17 bits per heavy atom. The van der Waals surface area contributed by atoms with Gasteiger partial charge in [0, 0.05) is 25.3 Å². The number of rotatable bonds is 11. The number of carbonyl (C=O) groups is 1. The van der Waals surface area contributed by atoms with Crippen LogP contribution in [0.1, 0.15) is 40.0 Å². The zero-order valence-electron chi connectivity index (χ0n) is 11.8. The highest BCUT2D eigenvalue weighted by Gasteiger charge is 2.21. The fourth-order valence-electron chi connectivity index (χ4n) is 1.41. The predicted octanol–water partition coefficient (Wildman–Crippen LogP) is 2.57. The van der Waals surface area contributed by atoms with E-state index in [4.69, 9.17) is 13.6 Å².